The third-order valence-electron chi connectivity index (χ3n) is 3.26. The molecule has 0 unspecified atom stereocenters. The van der Waals surface area contributed by atoms with Crippen molar-refractivity contribution in [1.82, 2.24) is 4.57 Å². The standard InChI is InChI=1S/C14H17N3OS2/c1-3-8-6-5-7-9(4-2)10(8)17-12(15)11(13(16)18)20-14(17)19/h5-7H,3-4,15H2,1-2H3,(H2,16,18). The van der Waals surface area contributed by atoms with Gasteiger partial charge >= 0.3 is 0 Å². The highest BCUT2D eigenvalue weighted by atomic mass is 32.1. The molecule has 2 rings (SSSR count). The molecule has 1 amide bonds. The Morgan fingerprint density at radius 2 is 1.85 bits per heavy atom. The Hall–Kier alpha value is -1.66. The third kappa shape index (κ3) is 2.36. The summed E-state index contributed by atoms with van der Waals surface area (Å²) in [5.41, 5.74) is 14.7. The summed E-state index contributed by atoms with van der Waals surface area (Å²) < 4.78 is 2.32. The molecule has 0 aliphatic heterocycles. The molecule has 0 bridgehead atoms. The molecule has 6 heteroatoms. The van der Waals surface area contributed by atoms with Gasteiger partial charge in [-0.25, -0.2) is 0 Å². The van der Waals surface area contributed by atoms with E-state index in [0.717, 1.165) is 41.0 Å². The number of aryl methyl sites for hydroxylation is 2. The topological polar surface area (TPSA) is 74.0 Å². The summed E-state index contributed by atoms with van der Waals surface area (Å²) in [5.74, 6) is -0.201. The van der Waals surface area contributed by atoms with E-state index in [1.54, 1.807) is 4.57 Å². The van der Waals surface area contributed by atoms with Crippen molar-refractivity contribution in [1.29, 1.82) is 0 Å². The van der Waals surface area contributed by atoms with Gasteiger partial charge in [-0.1, -0.05) is 43.4 Å². The fraction of sp³-hybridized carbons (Fsp3) is 0.286. The molecule has 0 saturated heterocycles. The van der Waals surface area contributed by atoms with E-state index in [2.05, 4.69) is 26.0 Å². The van der Waals surface area contributed by atoms with Crippen molar-refractivity contribution < 1.29 is 4.79 Å². The second kappa shape index (κ2) is 5.76. The minimum Gasteiger partial charge on any atom is -0.383 e. The van der Waals surface area contributed by atoms with E-state index in [0.29, 0.717) is 14.6 Å². The quantitative estimate of drug-likeness (QED) is 0.852. The van der Waals surface area contributed by atoms with E-state index in [-0.39, 0.29) is 0 Å². The van der Waals surface area contributed by atoms with Crippen LogP contribution in [-0.2, 0) is 12.8 Å². The zero-order chi connectivity index (χ0) is 14.9. The van der Waals surface area contributed by atoms with Crippen molar-refractivity contribution in [2.45, 2.75) is 26.7 Å². The number of benzene rings is 1. The third-order valence-corrected chi connectivity index (χ3v) is 4.66. The number of para-hydroxylation sites is 1. The molecule has 0 aliphatic rings. The number of nitrogen functional groups attached to an aromatic ring is 1. The van der Waals surface area contributed by atoms with Crippen LogP contribution in [0.15, 0.2) is 18.2 Å². The molecule has 1 heterocycles. The molecule has 0 saturated carbocycles. The van der Waals surface area contributed by atoms with Gasteiger partial charge in [-0.2, -0.15) is 0 Å². The smallest absolute Gasteiger partial charge is 0.262 e. The lowest BCUT2D eigenvalue weighted by Gasteiger charge is -2.15. The molecule has 0 fully saturated rings. The monoisotopic (exact) mass is 307 g/mol. The zero-order valence-corrected chi connectivity index (χ0v) is 13.1. The van der Waals surface area contributed by atoms with Gasteiger partial charge in [0.1, 0.15) is 10.7 Å². The fourth-order valence-corrected chi connectivity index (χ4v) is 3.47. The molecule has 4 nitrogen and oxygen atoms in total. The van der Waals surface area contributed by atoms with Crippen molar-refractivity contribution in [3.05, 3.63) is 38.2 Å². The lowest BCUT2D eigenvalue weighted by molar-refractivity contribution is 0.100. The first kappa shape index (κ1) is 14.7. The minimum atomic E-state index is -0.538. The first-order valence-electron chi connectivity index (χ1n) is 6.43. The second-order valence-corrected chi connectivity index (χ2v) is 6.06. The molecule has 1 aromatic heterocycles. The van der Waals surface area contributed by atoms with Crippen LogP contribution >= 0.6 is 23.6 Å². The van der Waals surface area contributed by atoms with Gasteiger partial charge in [-0.05, 0) is 36.2 Å². The normalized spacial score (nSPS) is 10.7. The first-order valence-corrected chi connectivity index (χ1v) is 7.65. The Labute approximate surface area is 127 Å². The highest BCUT2D eigenvalue weighted by molar-refractivity contribution is 7.73. The van der Waals surface area contributed by atoms with E-state index in [9.17, 15) is 4.79 Å². The lowest BCUT2D eigenvalue weighted by Crippen LogP contribution is -2.14. The fourth-order valence-electron chi connectivity index (χ4n) is 2.28. The van der Waals surface area contributed by atoms with Crippen LogP contribution in [0.4, 0.5) is 5.82 Å². The van der Waals surface area contributed by atoms with Gasteiger partial charge in [0.2, 0.25) is 0 Å². The molecule has 2 aromatic rings. The Morgan fingerprint density at radius 1 is 1.30 bits per heavy atom. The van der Waals surface area contributed by atoms with Crippen LogP contribution in [0.5, 0.6) is 0 Å². The van der Waals surface area contributed by atoms with Gasteiger partial charge < -0.3 is 11.5 Å². The Balaban J connectivity index is 2.81. The highest BCUT2D eigenvalue weighted by Crippen LogP contribution is 2.30. The minimum absolute atomic E-state index is 0.322. The van der Waals surface area contributed by atoms with E-state index in [1.807, 2.05) is 6.07 Å². The molecule has 1 aromatic carbocycles. The number of rotatable bonds is 4. The van der Waals surface area contributed by atoms with Crippen LogP contribution in [0.2, 0.25) is 0 Å². The largest absolute Gasteiger partial charge is 0.383 e. The van der Waals surface area contributed by atoms with Crippen LogP contribution in [0.3, 0.4) is 0 Å². The molecule has 4 N–H and O–H groups in total. The number of nitrogens with zero attached hydrogens (tertiary/aromatic N) is 1. The summed E-state index contributed by atoms with van der Waals surface area (Å²) >= 11 is 6.53. The summed E-state index contributed by atoms with van der Waals surface area (Å²) in [4.78, 5) is 11.7. The van der Waals surface area contributed by atoms with E-state index < -0.39 is 5.91 Å². The number of carbonyl (C=O) groups excluding carboxylic acids is 1. The Bertz CT molecular complexity index is 693. The number of hydrogen-bond acceptors (Lipinski definition) is 4. The second-order valence-electron chi connectivity index (χ2n) is 4.41. The van der Waals surface area contributed by atoms with Gasteiger partial charge in [-0.3, -0.25) is 9.36 Å². The molecule has 106 valence electrons. The summed E-state index contributed by atoms with van der Waals surface area (Å²) in [6.45, 7) is 4.17. The predicted octanol–water partition coefficient (Wildman–Crippen LogP) is 3.07. The molecule has 0 radical (unpaired) electrons. The van der Waals surface area contributed by atoms with E-state index in [1.165, 1.54) is 0 Å². The Morgan fingerprint density at radius 3 is 2.25 bits per heavy atom. The number of nitrogens with two attached hydrogens (primary N) is 2. The average molecular weight is 307 g/mol. The average Bonchev–Trinajstić information content (AvgIpc) is 2.73. The maximum Gasteiger partial charge on any atom is 0.262 e. The summed E-state index contributed by atoms with van der Waals surface area (Å²) in [5, 5.41) is 0. The van der Waals surface area contributed by atoms with Gasteiger partial charge in [-0.15, -0.1) is 0 Å². The number of carbonyl (C=O) groups is 1. The summed E-state index contributed by atoms with van der Waals surface area (Å²) in [6.07, 6.45) is 1.73. The Kier molecular flexibility index (Phi) is 4.25. The number of anilines is 1. The van der Waals surface area contributed by atoms with Crippen molar-refractivity contribution in [2.75, 3.05) is 5.73 Å². The number of aromatic nitrogens is 1. The number of primary amides is 1. The summed E-state index contributed by atoms with van der Waals surface area (Å²) in [6, 6.07) is 6.14. The van der Waals surface area contributed by atoms with Gasteiger partial charge in [0.25, 0.3) is 5.91 Å². The number of amides is 1. The van der Waals surface area contributed by atoms with Crippen LogP contribution < -0.4 is 11.5 Å². The highest BCUT2D eigenvalue weighted by Gasteiger charge is 2.18. The van der Waals surface area contributed by atoms with Crippen LogP contribution in [0.1, 0.15) is 34.6 Å². The van der Waals surface area contributed by atoms with Crippen LogP contribution in [-0.4, -0.2) is 10.5 Å². The van der Waals surface area contributed by atoms with Crippen molar-refractivity contribution in [2.24, 2.45) is 5.73 Å². The lowest BCUT2D eigenvalue weighted by atomic mass is 10.0. The van der Waals surface area contributed by atoms with E-state index in [4.69, 9.17) is 23.7 Å². The van der Waals surface area contributed by atoms with Crippen molar-refractivity contribution >= 4 is 35.3 Å². The van der Waals surface area contributed by atoms with Crippen LogP contribution in [0.25, 0.3) is 5.69 Å². The maximum absolute atomic E-state index is 11.4. The zero-order valence-electron chi connectivity index (χ0n) is 11.5. The first-order chi connectivity index (χ1) is 9.51. The van der Waals surface area contributed by atoms with Crippen molar-refractivity contribution in [3.8, 4) is 5.69 Å². The van der Waals surface area contributed by atoms with Gasteiger partial charge in [0, 0.05) is 0 Å². The SMILES string of the molecule is CCc1cccc(CC)c1-n1c(N)c(C(N)=O)sc1=S. The molecule has 0 atom stereocenters. The predicted molar refractivity (Wildman–Crippen MR) is 86.2 cm³/mol. The summed E-state index contributed by atoms with van der Waals surface area (Å²) in [7, 11) is 0. The van der Waals surface area contributed by atoms with Gasteiger partial charge in [0.15, 0.2) is 3.95 Å². The molecule has 0 aliphatic carbocycles. The molecular formula is C14H17N3OS2. The molecule has 0 spiro atoms. The number of hydrogen-bond donors (Lipinski definition) is 2. The van der Waals surface area contributed by atoms with Gasteiger partial charge in [0.05, 0.1) is 5.69 Å². The number of thiazole rings is 1. The molecular weight excluding hydrogens is 290 g/mol. The van der Waals surface area contributed by atoms with Crippen molar-refractivity contribution in [3.63, 3.8) is 0 Å². The van der Waals surface area contributed by atoms with E-state index >= 15 is 0 Å². The molecule has 20 heavy (non-hydrogen) atoms. The van der Waals surface area contributed by atoms with Crippen LogP contribution in [0, 0.1) is 3.95 Å². The maximum atomic E-state index is 11.4.